The van der Waals surface area contributed by atoms with Crippen LogP contribution in [0.15, 0.2) is 108 Å². The van der Waals surface area contributed by atoms with E-state index in [1.807, 2.05) is 0 Å². The summed E-state index contributed by atoms with van der Waals surface area (Å²) in [6.07, 6.45) is 10.2. The molecule has 4 aromatic carbocycles. The fraction of sp³-hybridized carbons (Fsp3) is 0.263. The molecule has 1 fully saturated rings. The molecule has 210 valence electrons. The van der Waals surface area contributed by atoms with Crippen molar-refractivity contribution in [3.05, 3.63) is 130 Å². The van der Waals surface area contributed by atoms with E-state index in [-0.39, 0.29) is 24.8 Å². The maximum Gasteiger partial charge on any atom is -0.147 e. The Morgan fingerprint density at radius 1 is 0.537 bits per heavy atom. The summed E-state index contributed by atoms with van der Waals surface area (Å²) < 4.78 is 4.53. The Morgan fingerprint density at radius 3 is 1.32 bits per heavy atom. The first-order valence-corrected chi connectivity index (χ1v) is 24.3. The van der Waals surface area contributed by atoms with Crippen molar-refractivity contribution in [3.8, 4) is 22.3 Å². The molecule has 3 heteroatoms. The van der Waals surface area contributed by atoms with Gasteiger partial charge in [-0.05, 0) is 0 Å². The summed E-state index contributed by atoms with van der Waals surface area (Å²) in [5.41, 5.74) is 15.5. The van der Waals surface area contributed by atoms with E-state index >= 15 is 0 Å². The summed E-state index contributed by atoms with van der Waals surface area (Å²) in [6, 6.07) is 36.5. The summed E-state index contributed by atoms with van der Waals surface area (Å²) >= 11 is -2.85. The van der Waals surface area contributed by atoms with Gasteiger partial charge in [0.25, 0.3) is 0 Å². The second-order valence-corrected chi connectivity index (χ2v) is 28.5. The normalized spacial score (nSPS) is 19.3. The van der Waals surface area contributed by atoms with Crippen LogP contribution in [0.1, 0.15) is 69.1 Å². The first-order chi connectivity index (χ1) is 19.2. The van der Waals surface area contributed by atoms with E-state index in [1.54, 1.807) is 22.3 Å². The molecule has 0 N–H and O–H groups in total. The third-order valence-corrected chi connectivity index (χ3v) is 28.6. The average molecular weight is 746 g/mol. The van der Waals surface area contributed by atoms with Gasteiger partial charge >= 0.3 is 240 Å². The number of hydrogen-bond acceptors (Lipinski definition) is 0. The molecule has 7 rings (SSSR count). The van der Waals surface area contributed by atoms with Crippen LogP contribution in [0, 0.1) is 0 Å². The summed E-state index contributed by atoms with van der Waals surface area (Å²) in [5, 5.41) is 0. The Hall–Kier alpha value is -2.19. The van der Waals surface area contributed by atoms with Crippen LogP contribution in [0.3, 0.4) is 0 Å². The molecule has 4 aromatic rings. The Balaban J connectivity index is 0.00000169. The van der Waals surface area contributed by atoms with Crippen LogP contribution >= 0.6 is 24.8 Å². The number of halogens is 2. The molecule has 0 bridgehead atoms. The van der Waals surface area contributed by atoms with E-state index in [0.29, 0.717) is 0 Å². The molecule has 1 aliphatic heterocycles. The Bertz CT molecular complexity index is 1460. The van der Waals surface area contributed by atoms with E-state index in [2.05, 4.69) is 123 Å². The Labute approximate surface area is 263 Å². The minimum atomic E-state index is -2.85. The molecule has 2 unspecified atom stereocenters. The molecule has 1 heterocycles. The van der Waals surface area contributed by atoms with E-state index in [4.69, 9.17) is 0 Å². The predicted octanol–water partition coefficient (Wildman–Crippen LogP) is 12.0. The predicted molar refractivity (Wildman–Crippen MR) is 179 cm³/mol. The van der Waals surface area contributed by atoms with Gasteiger partial charge in [-0.25, -0.2) is 0 Å². The van der Waals surface area contributed by atoms with Gasteiger partial charge in [0, 0.05) is 0 Å². The third-order valence-electron chi connectivity index (χ3n) is 9.53. The number of hydrogen-bond donors (Lipinski definition) is 0. The van der Waals surface area contributed by atoms with Gasteiger partial charge in [-0.3, -0.25) is 0 Å². The van der Waals surface area contributed by atoms with Crippen molar-refractivity contribution in [1.29, 1.82) is 0 Å². The molecule has 0 saturated carbocycles. The Morgan fingerprint density at radius 2 is 0.951 bits per heavy atom. The summed E-state index contributed by atoms with van der Waals surface area (Å²) in [4.78, 5) is 0. The number of benzene rings is 4. The molecule has 0 spiro atoms. The van der Waals surface area contributed by atoms with Gasteiger partial charge in [0.1, 0.15) is 0 Å². The van der Waals surface area contributed by atoms with Gasteiger partial charge in [0.2, 0.25) is 0 Å². The van der Waals surface area contributed by atoms with Gasteiger partial charge in [-0.2, -0.15) is 0 Å². The molecule has 2 aliphatic carbocycles. The average Bonchev–Trinajstić information content (AvgIpc) is 3.53. The molecule has 41 heavy (non-hydrogen) atoms. The van der Waals surface area contributed by atoms with Crippen LogP contribution in [0.25, 0.3) is 34.4 Å². The van der Waals surface area contributed by atoms with Crippen LogP contribution in [0.4, 0.5) is 0 Å². The third kappa shape index (κ3) is 5.17. The molecule has 3 aliphatic rings. The van der Waals surface area contributed by atoms with Crippen LogP contribution in [0.5, 0.6) is 0 Å². The van der Waals surface area contributed by atoms with E-state index in [1.165, 1.54) is 67.4 Å². The standard InChI is InChI=1S/2C18H17.C2H4.2ClH.Hf/c2*1-2-7-14-12-16-10-6-11-17(18(16)13-14)15-8-4-3-5-9-15;1-2;;;/h2*3-6,8-13H,2,7H2,1H3;1-2H2;2*1H;. The molecule has 0 radical (unpaired) electrons. The van der Waals surface area contributed by atoms with Crippen LogP contribution < -0.4 is 0 Å². The summed E-state index contributed by atoms with van der Waals surface area (Å²) in [6.45, 7) is 4.74. The monoisotopic (exact) mass is 746 g/mol. The van der Waals surface area contributed by atoms with Crippen LogP contribution in [-0.4, -0.2) is 0 Å². The van der Waals surface area contributed by atoms with E-state index in [9.17, 15) is 0 Å². The van der Waals surface area contributed by atoms with Gasteiger partial charge in [-0.15, -0.1) is 24.8 Å². The minimum Gasteiger partial charge on any atom is -0.147 e. The van der Waals surface area contributed by atoms with Crippen molar-refractivity contribution >= 4 is 37.0 Å². The SMILES string of the molecule is CCCC1=Cc2c(-c3ccccc3)cccc2[CH]1[Hf]1([CH]2C(CCC)=Cc3c(-c4ccccc4)cccc32)[CH2][CH2]1.Cl.Cl. The molecule has 0 amide bonds. The summed E-state index contributed by atoms with van der Waals surface area (Å²) in [7, 11) is 0. The quantitative estimate of drug-likeness (QED) is 0.158. The van der Waals surface area contributed by atoms with Crippen molar-refractivity contribution in [2.24, 2.45) is 0 Å². The second kappa shape index (κ2) is 12.6. The zero-order valence-corrected chi connectivity index (χ0v) is 29.3. The first-order valence-electron chi connectivity index (χ1n) is 15.0. The number of allylic oxidation sites excluding steroid dienone is 2. The maximum atomic E-state index is 2.64. The molecule has 0 aromatic heterocycles. The molecule has 1 saturated heterocycles. The van der Waals surface area contributed by atoms with Crippen LogP contribution in [0.2, 0.25) is 8.35 Å². The number of fused-ring (bicyclic) bond motifs is 2. The number of rotatable bonds is 8. The summed E-state index contributed by atoms with van der Waals surface area (Å²) in [5.74, 6) is 0. The first kappa shape index (κ1) is 30.3. The van der Waals surface area contributed by atoms with E-state index in [0.717, 1.165) is 7.35 Å². The van der Waals surface area contributed by atoms with Gasteiger partial charge in [-0.1, -0.05) is 0 Å². The van der Waals surface area contributed by atoms with Crippen molar-refractivity contribution in [1.82, 2.24) is 0 Å². The molecule has 2 atom stereocenters. The van der Waals surface area contributed by atoms with Gasteiger partial charge in [0.05, 0.1) is 0 Å². The second-order valence-electron chi connectivity index (χ2n) is 11.9. The smallest absolute Gasteiger partial charge is 0.147 e. The Kier molecular flexibility index (Phi) is 9.29. The fourth-order valence-corrected chi connectivity index (χ4v) is 36.0. The van der Waals surface area contributed by atoms with Crippen molar-refractivity contribution in [2.45, 2.75) is 55.2 Å². The van der Waals surface area contributed by atoms with Crippen molar-refractivity contribution in [2.75, 3.05) is 0 Å². The van der Waals surface area contributed by atoms with Gasteiger partial charge < -0.3 is 0 Å². The van der Waals surface area contributed by atoms with Crippen LogP contribution in [-0.2, 0) is 20.0 Å². The maximum absolute atomic E-state index is 2.85. The zero-order valence-electron chi connectivity index (χ0n) is 24.1. The molecular weight excluding hydrogens is 706 g/mol. The molecular formula is C38H40Cl2Hf. The van der Waals surface area contributed by atoms with Crippen molar-refractivity contribution < 1.29 is 20.0 Å². The van der Waals surface area contributed by atoms with Gasteiger partial charge in [0.15, 0.2) is 0 Å². The van der Waals surface area contributed by atoms with Crippen molar-refractivity contribution in [3.63, 3.8) is 0 Å². The largest absolute Gasteiger partial charge is 0.147 e. The molecule has 0 nitrogen and oxygen atoms in total. The zero-order chi connectivity index (χ0) is 26.4. The topological polar surface area (TPSA) is 0 Å². The fourth-order valence-electron chi connectivity index (χ4n) is 7.92. The van der Waals surface area contributed by atoms with E-state index < -0.39 is 20.0 Å². The minimum absolute atomic E-state index is 0.